The van der Waals surface area contributed by atoms with Crippen molar-refractivity contribution in [2.24, 2.45) is 0 Å². The summed E-state index contributed by atoms with van der Waals surface area (Å²) in [4.78, 5) is 4.36. The van der Waals surface area contributed by atoms with E-state index in [2.05, 4.69) is 32.7 Å². The zero-order chi connectivity index (χ0) is 14.8. The van der Waals surface area contributed by atoms with Gasteiger partial charge in [-0.2, -0.15) is 4.98 Å². The van der Waals surface area contributed by atoms with Gasteiger partial charge in [0.2, 0.25) is 5.82 Å². The zero-order valence-electron chi connectivity index (χ0n) is 11.1. The number of hydrogen-bond donors (Lipinski definition) is 1. The number of phenols is 1. The van der Waals surface area contributed by atoms with E-state index < -0.39 is 0 Å². The summed E-state index contributed by atoms with van der Waals surface area (Å²) in [5, 5.41) is 13.7. The molecule has 0 atom stereocenters. The van der Waals surface area contributed by atoms with E-state index in [1.54, 1.807) is 19.2 Å². The van der Waals surface area contributed by atoms with Gasteiger partial charge in [-0.25, -0.2) is 0 Å². The Morgan fingerprint density at radius 1 is 1.19 bits per heavy atom. The van der Waals surface area contributed by atoms with E-state index in [1.807, 2.05) is 30.3 Å². The van der Waals surface area contributed by atoms with Crippen LogP contribution in [-0.2, 0) is 0 Å². The Labute approximate surface area is 134 Å². The molecule has 0 bridgehead atoms. The quantitative estimate of drug-likeness (QED) is 0.686. The summed E-state index contributed by atoms with van der Waals surface area (Å²) in [6.07, 6.45) is 0. The molecule has 1 heterocycles. The maximum atomic E-state index is 9.75. The highest BCUT2D eigenvalue weighted by Gasteiger charge is 2.14. The van der Waals surface area contributed by atoms with Crippen LogP contribution in [0.3, 0.4) is 0 Å². The Bertz CT molecular complexity index is 786. The van der Waals surface area contributed by atoms with Crippen LogP contribution in [0.15, 0.2) is 47.0 Å². The lowest BCUT2D eigenvalue weighted by molar-refractivity contribution is 0.413. The number of benzene rings is 2. The van der Waals surface area contributed by atoms with Crippen LogP contribution in [0.1, 0.15) is 0 Å². The largest absolute Gasteiger partial charge is 0.507 e. The van der Waals surface area contributed by atoms with E-state index in [9.17, 15) is 5.11 Å². The second kappa shape index (κ2) is 5.72. The summed E-state index contributed by atoms with van der Waals surface area (Å²) in [5.41, 5.74) is 1.42. The Kier molecular flexibility index (Phi) is 3.78. The van der Waals surface area contributed by atoms with Crippen molar-refractivity contribution in [1.82, 2.24) is 10.1 Å². The van der Waals surface area contributed by atoms with E-state index >= 15 is 0 Å². The van der Waals surface area contributed by atoms with Gasteiger partial charge < -0.3 is 14.4 Å². The van der Waals surface area contributed by atoms with Crippen LogP contribution in [0.5, 0.6) is 11.5 Å². The average molecular weight is 394 g/mol. The second-order valence-corrected chi connectivity index (χ2v) is 5.45. The van der Waals surface area contributed by atoms with E-state index in [0.717, 1.165) is 9.13 Å². The molecule has 0 amide bonds. The van der Waals surface area contributed by atoms with Gasteiger partial charge in [0.25, 0.3) is 5.89 Å². The molecular weight excluding hydrogens is 383 g/mol. The first-order chi connectivity index (χ1) is 10.2. The summed E-state index contributed by atoms with van der Waals surface area (Å²) in [5.74, 6) is 1.66. The molecule has 0 aliphatic heterocycles. The van der Waals surface area contributed by atoms with Gasteiger partial charge in [-0.1, -0.05) is 17.3 Å². The molecule has 106 valence electrons. The predicted octanol–water partition coefficient (Wildman–Crippen LogP) is 3.72. The minimum Gasteiger partial charge on any atom is -0.507 e. The van der Waals surface area contributed by atoms with E-state index in [4.69, 9.17) is 9.26 Å². The van der Waals surface area contributed by atoms with Gasteiger partial charge in [-0.3, -0.25) is 0 Å². The fourth-order valence-corrected chi connectivity index (χ4v) is 2.26. The summed E-state index contributed by atoms with van der Waals surface area (Å²) in [7, 11) is 1.59. The van der Waals surface area contributed by atoms with Crippen molar-refractivity contribution in [1.29, 1.82) is 0 Å². The molecule has 6 heteroatoms. The number of para-hydroxylation sites is 1. The molecule has 2 aromatic carbocycles. The number of methoxy groups -OCH3 is 1. The number of nitrogens with zero attached hydrogens (tertiary/aromatic N) is 2. The number of ether oxygens (including phenoxy) is 1. The Hall–Kier alpha value is -2.09. The molecule has 0 aliphatic rings. The topological polar surface area (TPSA) is 68.4 Å². The third-order valence-electron chi connectivity index (χ3n) is 2.97. The van der Waals surface area contributed by atoms with Crippen LogP contribution in [-0.4, -0.2) is 22.4 Å². The van der Waals surface area contributed by atoms with Crippen molar-refractivity contribution in [2.75, 3.05) is 7.11 Å². The third kappa shape index (κ3) is 2.71. The lowest BCUT2D eigenvalue weighted by atomic mass is 10.2. The first-order valence-electron chi connectivity index (χ1n) is 6.15. The fraction of sp³-hybridized carbons (Fsp3) is 0.0667. The van der Waals surface area contributed by atoms with Crippen molar-refractivity contribution < 1.29 is 14.4 Å². The van der Waals surface area contributed by atoms with Gasteiger partial charge in [0, 0.05) is 5.56 Å². The van der Waals surface area contributed by atoms with Gasteiger partial charge in [0.1, 0.15) is 11.5 Å². The van der Waals surface area contributed by atoms with Crippen LogP contribution in [0, 0.1) is 3.57 Å². The molecular formula is C15H11IN2O3. The molecule has 1 aromatic heterocycles. The monoisotopic (exact) mass is 394 g/mol. The zero-order valence-corrected chi connectivity index (χ0v) is 13.2. The normalized spacial score (nSPS) is 10.6. The lowest BCUT2D eigenvalue weighted by Gasteiger charge is -2.03. The fourth-order valence-electron chi connectivity index (χ4n) is 1.93. The van der Waals surface area contributed by atoms with Gasteiger partial charge >= 0.3 is 0 Å². The highest BCUT2D eigenvalue weighted by Crippen LogP contribution is 2.31. The molecule has 0 saturated heterocycles. The summed E-state index contributed by atoms with van der Waals surface area (Å²) in [6.45, 7) is 0. The smallest absolute Gasteiger partial charge is 0.258 e. The van der Waals surface area contributed by atoms with Gasteiger partial charge in [0.15, 0.2) is 0 Å². The lowest BCUT2D eigenvalue weighted by Crippen LogP contribution is -1.88. The first-order valence-corrected chi connectivity index (χ1v) is 7.23. The average Bonchev–Trinajstić information content (AvgIpc) is 2.99. The maximum absolute atomic E-state index is 9.75. The predicted molar refractivity (Wildman–Crippen MR) is 86.1 cm³/mol. The number of rotatable bonds is 3. The minimum absolute atomic E-state index is 0.185. The second-order valence-electron chi connectivity index (χ2n) is 4.29. The van der Waals surface area contributed by atoms with Crippen LogP contribution in [0.2, 0.25) is 0 Å². The van der Waals surface area contributed by atoms with E-state index in [-0.39, 0.29) is 5.75 Å². The van der Waals surface area contributed by atoms with Crippen molar-refractivity contribution in [3.8, 4) is 34.3 Å². The van der Waals surface area contributed by atoms with Gasteiger partial charge in [-0.15, -0.1) is 0 Å². The van der Waals surface area contributed by atoms with Gasteiger partial charge in [-0.05, 0) is 52.9 Å². The molecule has 0 aliphatic carbocycles. The summed E-state index contributed by atoms with van der Waals surface area (Å²) in [6, 6.07) is 12.7. The molecule has 0 unspecified atom stereocenters. The molecule has 21 heavy (non-hydrogen) atoms. The number of hydrogen-bond acceptors (Lipinski definition) is 5. The molecule has 0 saturated carbocycles. The number of aromatic hydroxyl groups is 1. The van der Waals surface area contributed by atoms with Crippen LogP contribution in [0.4, 0.5) is 0 Å². The molecule has 0 spiro atoms. The van der Waals surface area contributed by atoms with E-state index in [1.165, 1.54) is 0 Å². The molecule has 5 nitrogen and oxygen atoms in total. The third-order valence-corrected chi connectivity index (χ3v) is 3.88. The summed E-state index contributed by atoms with van der Waals surface area (Å²) >= 11 is 2.05. The Morgan fingerprint density at radius 3 is 2.76 bits per heavy atom. The van der Waals surface area contributed by atoms with Crippen LogP contribution >= 0.6 is 22.6 Å². The van der Waals surface area contributed by atoms with Crippen molar-refractivity contribution in [3.63, 3.8) is 0 Å². The molecule has 3 aromatic rings. The van der Waals surface area contributed by atoms with Crippen LogP contribution < -0.4 is 4.74 Å². The Balaban J connectivity index is 2.01. The molecule has 1 N–H and O–H groups in total. The number of aromatic nitrogens is 2. The Morgan fingerprint density at radius 2 is 2.00 bits per heavy atom. The highest BCUT2D eigenvalue weighted by molar-refractivity contribution is 14.1. The number of phenolic OH excluding ortho intramolecular Hbond substituents is 1. The standard InChI is InChI=1S/C15H11IN2O3/c1-20-13-5-3-2-4-10(13)14-17-15(21-18-14)9-6-7-11(16)12(19)8-9/h2-8,19H,1H3. The SMILES string of the molecule is COc1ccccc1-c1noc(-c2ccc(I)c(O)c2)n1. The minimum atomic E-state index is 0.185. The van der Waals surface area contributed by atoms with Crippen molar-refractivity contribution >= 4 is 22.6 Å². The first kappa shape index (κ1) is 13.9. The molecule has 3 rings (SSSR count). The van der Waals surface area contributed by atoms with Crippen molar-refractivity contribution in [2.45, 2.75) is 0 Å². The van der Waals surface area contributed by atoms with E-state index in [0.29, 0.717) is 23.0 Å². The highest BCUT2D eigenvalue weighted by atomic mass is 127. The van der Waals surface area contributed by atoms with Crippen molar-refractivity contribution in [3.05, 3.63) is 46.0 Å². The molecule has 0 radical (unpaired) electrons. The van der Waals surface area contributed by atoms with Crippen LogP contribution in [0.25, 0.3) is 22.8 Å². The summed E-state index contributed by atoms with van der Waals surface area (Å²) < 4.78 is 11.3. The maximum Gasteiger partial charge on any atom is 0.258 e. The van der Waals surface area contributed by atoms with Gasteiger partial charge in [0.05, 0.1) is 16.2 Å². The molecule has 0 fully saturated rings. The number of halogens is 1.